The van der Waals surface area contributed by atoms with Crippen LogP contribution in [-0.2, 0) is 0 Å². The molecule has 0 radical (unpaired) electrons. The number of nitrogens with zero attached hydrogens (tertiary/aromatic N) is 3. The molecule has 0 saturated heterocycles. The molecule has 6 heteroatoms. The van der Waals surface area contributed by atoms with Gasteiger partial charge in [0.25, 0.3) is 0 Å². The summed E-state index contributed by atoms with van der Waals surface area (Å²) in [5.41, 5.74) is 10.9. The molecule has 5 heterocycles. The van der Waals surface area contributed by atoms with Crippen LogP contribution in [0.4, 0.5) is 0 Å². The fourth-order valence-corrected chi connectivity index (χ4v) is 10.7. The molecule has 0 fully saturated rings. The lowest BCUT2D eigenvalue weighted by atomic mass is 10.00. The van der Waals surface area contributed by atoms with Gasteiger partial charge in [-0.2, -0.15) is 0 Å². The molecule has 14 aromatic rings. The van der Waals surface area contributed by atoms with E-state index < -0.39 is 0 Å². The Balaban J connectivity index is 0.963. The van der Waals surface area contributed by atoms with E-state index in [1.807, 2.05) is 12.1 Å². The average molecular weight is 758 g/mol. The highest BCUT2D eigenvalue weighted by Crippen LogP contribution is 2.45. The predicted molar refractivity (Wildman–Crippen MR) is 241 cm³/mol. The van der Waals surface area contributed by atoms with Crippen molar-refractivity contribution in [2.24, 2.45) is 0 Å². The van der Waals surface area contributed by atoms with E-state index in [2.05, 4.69) is 156 Å². The molecule has 0 amide bonds. The maximum Gasteiger partial charge on any atom is 0.160 e. The van der Waals surface area contributed by atoms with Crippen molar-refractivity contribution < 1.29 is 8.83 Å². The lowest BCUT2D eigenvalue weighted by Gasteiger charge is -2.12. The van der Waals surface area contributed by atoms with Crippen LogP contribution in [0.5, 0.6) is 0 Å². The Hall–Kier alpha value is -7.54. The van der Waals surface area contributed by atoms with Crippen LogP contribution in [0.15, 0.2) is 173 Å². The molecule has 0 aliphatic rings. The number of benzene rings is 9. The third kappa shape index (κ3) is 4.09. The molecule has 0 spiro atoms. The second-order valence-electron chi connectivity index (χ2n) is 15.3. The van der Waals surface area contributed by atoms with Crippen molar-refractivity contribution in [3.8, 4) is 28.3 Å². The monoisotopic (exact) mass is 757 g/mol. The largest absolute Gasteiger partial charge is 0.456 e. The van der Waals surface area contributed by atoms with E-state index in [-0.39, 0.29) is 0 Å². The van der Waals surface area contributed by atoms with E-state index in [4.69, 9.17) is 18.8 Å². The Bertz CT molecular complexity index is 3950. The Kier molecular flexibility index (Phi) is 5.85. The molecule has 9 aromatic carbocycles. The minimum absolute atomic E-state index is 0.707. The minimum atomic E-state index is 0.707. The van der Waals surface area contributed by atoms with Crippen molar-refractivity contribution in [1.29, 1.82) is 0 Å². The van der Waals surface area contributed by atoms with Gasteiger partial charge in [-0.3, -0.25) is 0 Å². The van der Waals surface area contributed by atoms with E-state index in [9.17, 15) is 0 Å². The standard InChI is InChI=1S/C52H27N3O2S/c1-3-11-40-35(9-1)37-27-32(20-24-41(37)56-40)49-51-50(36-10-2-4-14-44(36)58-51)54-52(53-49)33-16-15-31-26-34(21-17-30(31)25-33)55-38-22-18-28-7-5-12-42-45(28)47(38)48-39(55)23-19-29-8-6-13-43(57-42)46(29)48/h1-27H. The zero-order valence-corrected chi connectivity index (χ0v) is 31.5. The zero-order chi connectivity index (χ0) is 37.6. The van der Waals surface area contributed by atoms with Crippen LogP contribution in [0.1, 0.15) is 0 Å². The quantitative estimate of drug-likeness (QED) is 0.180. The van der Waals surface area contributed by atoms with Crippen molar-refractivity contribution >= 4 is 119 Å². The Morgan fingerprint density at radius 2 is 1.07 bits per heavy atom. The maximum absolute atomic E-state index is 6.64. The second kappa shape index (κ2) is 11.1. The summed E-state index contributed by atoms with van der Waals surface area (Å²) in [4.78, 5) is 10.6. The van der Waals surface area contributed by atoms with Gasteiger partial charge in [0.15, 0.2) is 5.82 Å². The molecule has 5 nitrogen and oxygen atoms in total. The SMILES string of the molecule is c1ccc2c(c1)oc1ccc(-c3nc(-c4ccc5cc(-n6c7ccc8cccc9oc%10cccc%11ccc6c(c%11%10)c7c89)ccc5c4)nc4c3sc3ccccc34)cc12. The first-order valence-electron chi connectivity index (χ1n) is 19.5. The van der Waals surface area contributed by atoms with E-state index >= 15 is 0 Å². The second-order valence-corrected chi connectivity index (χ2v) is 16.3. The number of aromatic nitrogens is 3. The molecule has 0 aliphatic heterocycles. The van der Waals surface area contributed by atoms with Gasteiger partial charge in [0.05, 0.1) is 26.9 Å². The van der Waals surface area contributed by atoms with Gasteiger partial charge in [-0.1, -0.05) is 91.0 Å². The maximum atomic E-state index is 6.64. The molecule has 0 saturated carbocycles. The Labute approximate surface area is 332 Å². The van der Waals surface area contributed by atoms with Gasteiger partial charge in [0, 0.05) is 59.2 Å². The van der Waals surface area contributed by atoms with Gasteiger partial charge in [-0.25, -0.2) is 9.97 Å². The lowest BCUT2D eigenvalue weighted by molar-refractivity contribution is 0.664. The highest BCUT2D eigenvalue weighted by atomic mass is 32.1. The third-order valence-electron chi connectivity index (χ3n) is 12.1. The highest BCUT2D eigenvalue weighted by molar-refractivity contribution is 7.26. The van der Waals surface area contributed by atoms with E-state index in [1.165, 1.54) is 26.2 Å². The van der Waals surface area contributed by atoms with Gasteiger partial charge in [-0.15, -0.1) is 11.3 Å². The van der Waals surface area contributed by atoms with Crippen molar-refractivity contribution in [1.82, 2.24) is 14.5 Å². The fourth-order valence-electron chi connectivity index (χ4n) is 9.54. The number of thiophene rings is 1. The Morgan fingerprint density at radius 1 is 0.431 bits per heavy atom. The first-order valence-corrected chi connectivity index (χ1v) is 20.3. The normalized spacial score (nSPS) is 12.5. The molecule has 0 bridgehead atoms. The molecular weight excluding hydrogens is 731 g/mol. The van der Waals surface area contributed by atoms with E-state index in [1.54, 1.807) is 11.3 Å². The summed E-state index contributed by atoms with van der Waals surface area (Å²) in [5, 5.41) is 12.7. The molecule has 5 aromatic heterocycles. The first-order chi connectivity index (χ1) is 28.7. The molecule has 14 rings (SSSR count). The fraction of sp³-hybridized carbons (Fsp3) is 0. The van der Waals surface area contributed by atoms with Crippen LogP contribution in [-0.4, -0.2) is 14.5 Å². The third-order valence-corrected chi connectivity index (χ3v) is 13.3. The van der Waals surface area contributed by atoms with Crippen molar-refractivity contribution in [2.45, 2.75) is 0 Å². The van der Waals surface area contributed by atoms with Gasteiger partial charge in [-0.05, 0) is 94.3 Å². The number of rotatable bonds is 3. The number of fused-ring (bicyclic) bond motifs is 7. The lowest BCUT2D eigenvalue weighted by Crippen LogP contribution is -1.95. The summed E-state index contributed by atoms with van der Waals surface area (Å²) in [6.45, 7) is 0. The van der Waals surface area contributed by atoms with Crippen LogP contribution in [0.2, 0.25) is 0 Å². The molecule has 0 unspecified atom stereocenters. The highest BCUT2D eigenvalue weighted by Gasteiger charge is 2.22. The van der Waals surface area contributed by atoms with Crippen molar-refractivity contribution in [3.63, 3.8) is 0 Å². The van der Waals surface area contributed by atoms with Gasteiger partial charge in [0.1, 0.15) is 22.3 Å². The van der Waals surface area contributed by atoms with Gasteiger partial charge >= 0.3 is 0 Å². The number of hydrogen-bond acceptors (Lipinski definition) is 5. The number of hydrogen-bond donors (Lipinski definition) is 0. The average Bonchev–Trinajstić information content (AvgIpc) is 3.92. The van der Waals surface area contributed by atoms with Crippen LogP contribution in [0.25, 0.3) is 136 Å². The summed E-state index contributed by atoms with van der Waals surface area (Å²) in [7, 11) is 0. The zero-order valence-electron chi connectivity index (χ0n) is 30.7. The molecular formula is C52H27N3O2S. The molecule has 268 valence electrons. The van der Waals surface area contributed by atoms with E-state index in [0.29, 0.717) is 5.82 Å². The van der Waals surface area contributed by atoms with E-state index in [0.717, 1.165) is 104 Å². The predicted octanol–water partition coefficient (Wildman–Crippen LogP) is 14.8. The van der Waals surface area contributed by atoms with Crippen molar-refractivity contribution in [3.05, 3.63) is 164 Å². The first kappa shape index (κ1) is 30.7. The van der Waals surface area contributed by atoms with Crippen LogP contribution >= 0.6 is 11.3 Å². The van der Waals surface area contributed by atoms with Gasteiger partial charge in [0.2, 0.25) is 0 Å². The molecule has 0 aliphatic carbocycles. The number of para-hydroxylation sites is 1. The van der Waals surface area contributed by atoms with Crippen LogP contribution in [0.3, 0.4) is 0 Å². The molecule has 58 heavy (non-hydrogen) atoms. The number of furan rings is 1. The van der Waals surface area contributed by atoms with Crippen molar-refractivity contribution in [2.75, 3.05) is 0 Å². The summed E-state index contributed by atoms with van der Waals surface area (Å²) in [5.74, 6) is 0.707. The summed E-state index contributed by atoms with van der Waals surface area (Å²) in [6, 6.07) is 58.2. The Morgan fingerprint density at radius 3 is 1.88 bits per heavy atom. The van der Waals surface area contributed by atoms with Gasteiger partial charge < -0.3 is 13.4 Å². The topological polar surface area (TPSA) is 57.0 Å². The summed E-state index contributed by atoms with van der Waals surface area (Å²) >= 11 is 1.75. The van der Waals surface area contributed by atoms with Crippen LogP contribution < -0.4 is 0 Å². The molecule has 0 atom stereocenters. The van der Waals surface area contributed by atoms with Crippen LogP contribution in [0, 0.1) is 0 Å². The summed E-state index contributed by atoms with van der Waals surface area (Å²) < 4.78 is 17.5. The molecule has 0 N–H and O–H groups in total. The minimum Gasteiger partial charge on any atom is -0.456 e. The smallest absolute Gasteiger partial charge is 0.160 e. The summed E-state index contributed by atoms with van der Waals surface area (Å²) in [6.07, 6.45) is 0.